The minimum Gasteiger partial charge on any atom is -0.344 e. The molecule has 1 fully saturated rings. The molecule has 1 atom stereocenters. The second-order valence-electron chi connectivity index (χ2n) is 5.61. The molecule has 3 rings (SSSR count). The molecular formula is C17H17N5O2S. The van der Waals surface area contributed by atoms with Crippen LogP contribution < -0.4 is 10.6 Å². The lowest BCUT2D eigenvalue weighted by atomic mass is 10.1. The molecule has 1 aliphatic heterocycles. The Morgan fingerprint density at radius 3 is 2.92 bits per heavy atom. The van der Waals surface area contributed by atoms with Crippen LogP contribution in [0.2, 0.25) is 0 Å². The molecule has 7 nitrogen and oxygen atoms in total. The van der Waals surface area contributed by atoms with Crippen molar-refractivity contribution in [1.82, 2.24) is 20.2 Å². The number of likely N-dealkylation sites (N-methyl/N-ethyl adjacent to an activating group) is 1. The van der Waals surface area contributed by atoms with Crippen LogP contribution in [0.25, 0.3) is 0 Å². The molecule has 0 aromatic carbocycles. The summed E-state index contributed by atoms with van der Waals surface area (Å²) >= 11 is 1.57. The van der Waals surface area contributed by atoms with Gasteiger partial charge in [0.15, 0.2) is 6.29 Å². The van der Waals surface area contributed by atoms with Gasteiger partial charge in [0.1, 0.15) is 23.5 Å². The van der Waals surface area contributed by atoms with Crippen molar-refractivity contribution < 1.29 is 9.59 Å². The first-order valence-corrected chi connectivity index (χ1v) is 8.48. The monoisotopic (exact) mass is 355 g/mol. The van der Waals surface area contributed by atoms with Crippen LogP contribution in [0.15, 0.2) is 59.0 Å². The maximum Gasteiger partial charge on any atom is 0.269 e. The fourth-order valence-electron chi connectivity index (χ4n) is 2.55. The van der Waals surface area contributed by atoms with Gasteiger partial charge in [0.2, 0.25) is 0 Å². The second kappa shape index (κ2) is 6.86. The number of nitrogens with one attached hydrogen (secondary N) is 2. The van der Waals surface area contributed by atoms with Gasteiger partial charge in [0.25, 0.3) is 5.91 Å². The molecule has 1 amide bonds. The number of carbonyl (C=O) groups is 2. The molecule has 128 valence electrons. The topological polar surface area (TPSA) is 87.2 Å². The first-order chi connectivity index (χ1) is 12.0. The van der Waals surface area contributed by atoms with Gasteiger partial charge in [-0.15, -0.1) is 0 Å². The smallest absolute Gasteiger partial charge is 0.269 e. The molecule has 0 spiro atoms. The molecule has 8 heteroatoms. The van der Waals surface area contributed by atoms with Crippen LogP contribution >= 0.6 is 11.3 Å². The SMILES string of the molecule is CN1/C(=C\C=C(/C=O)Nc2ccncn2)C(=O)NC1(C)c1ccsc1. The number of aromatic nitrogens is 2. The van der Waals surface area contributed by atoms with Gasteiger partial charge in [-0.25, -0.2) is 9.97 Å². The number of amides is 1. The third-order valence-corrected chi connectivity index (χ3v) is 4.79. The summed E-state index contributed by atoms with van der Waals surface area (Å²) in [6, 6.07) is 3.63. The van der Waals surface area contributed by atoms with E-state index in [1.165, 1.54) is 6.33 Å². The van der Waals surface area contributed by atoms with Gasteiger partial charge in [-0.2, -0.15) is 11.3 Å². The summed E-state index contributed by atoms with van der Waals surface area (Å²) in [5.74, 6) is 0.304. The zero-order valence-corrected chi connectivity index (χ0v) is 14.6. The van der Waals surface area contributed by atoms with E-state index in [2.05, 4.69) is 20.6 Å². The van der Waals surface area contributed by atoms with E-state index in [0.717, 1.165) is 5.56 Å². The normalized spacial score (nSPS) is 22.2. The molecule has 2 N–H and O–H groups in total. The molecule has 3 heterocycles. The summed E-state index contributed by atoms with van der Waals surface area (Å²) in [4.78, 5) is 33.3. The lowest BCUT2D eigenvalue weighted by Crippen LogP contribution is -2.43. The highest BCUT2D eigenvalue weighted by atomic mass is 32.1. The van der Waals surface area contributed by atoms with Crippen LogP contribution in [-0.4, -0.2) is 34.1 Å². The van der Waals surface area contributed by atoms with Crippen molar-refractivity contribution >= 4 is 29.3 Å². The van der Waals surface area contributed by atoms with Crippen LogP contribution in [0.5, 0.6) is 0 Å². The largest absolute Gasteiger partial charge is 0.344 e. The minimum absolute atomic E-state index is 0.195. The van der Waals surface area contributed by atoms with E-state index in [-0.39, 0.29) is 11.6 Å². The lowest BCUT2D eigenvalue weighted by molar-refractivity contribution is -0.117. The Morgan fingerprint density at radius 2 is 2.28 bits per heavy atom. The van der Waals surface area contributed by atoms with E-state index in [1.54, 1.807) is 35.8 Å². The zero-order valence-electron chi connectivity index (χ0n) is 13.8. The number of hydrogen-bond donors (Lipinski definition) is 2. The summed E-state index contributed by atoms with van der Waals surface area (Å²) < 4.78 is 0. The average molecular weight is 355 g/mol. The summed E-state index contributed by atoms with van der Waals surface area (Å²) in [7, 11) is 1.84. The van der Waals surface area contributed by atoms with Gasteiger partial charge in [0, 0.05) is 18.8 Å². The number of allylic oxidation sites excluding steroid dienone is 3. The van der Waals surface area contributed by atoms with E-state index in [4.69, 9.17) is 0 Å². The van der Waals surface area contributed by atoms with Crippen molar-refractivity contribution in [2.45, 2.75) is 12.6 Å². The van der Waals surface area contributed by atoms with Crippen molar-refractivity contribution in [3.8, 4) is 0 Å². The lowest BCUT2D eigenvalue weighted by Gasteiger charge is -2.32. The van der Waals surface area contributed by atoms with E-state index in [0.29, 0.717) is 17.8 Å². The predicted molar refractivity (Wildman–Crippen MR) is 95.5 cm³/mol. The highest BCUT2D eigenvalue weighted by Gasteiger charge is 2.42. The molecule has 0 aliphatic carbocycles. The fourth-order valence-corrected chi connectivity index (χ4v) is 3.31. The van der Waals surface area contributed by atoms with Crippen LogP contribution in [-0.2, 0) is 15.3 Å². The van der Waals surface area contributed by atoms with E-state index < -0.39 is 5.66 Å². The third-order valence-electron chi connectivity index (χ3n) is 4.11. The minimum atomic E-state index is -0.613. The second-order valence-corrected chi connectivity index (χ2v) is 6.39. The standard InChI is InChI=1S/C17H17N5O2S/c1-17(12-6-8-25-10-12)21-16(24)14(22(17)2)4-3-13(9-23)20-15-5-7-18-11-19-15/h3-11H,1-2H3,(H,21,24)(H,18,19,20)/b13-3+,14-4-. The summed E-state index contributed by atoms with van der Waals surface area (Å²) in [5, 5.41) is 9.84. The van der Waals surface area contributed by atoms with Crippen molar-refractivity contribution in [3.63, 3.8) is 0 Å². The Labute approximate surface area is 149 Å². The van der Waals surface area contributed by atoms with E-state index in [1.807, 2.05) is 35.7 Å². The van der Waals surface area contributed by atoms with E-state index >= 15 is 0 Å². The molecule has 1 aliphatic rings. The van der Waals surface area contributed by atoms with Crippen LogP contribution in [0.3, 0.4) is 0 Å². The first kappa shape index (κ1) is 16.8. The van der Waals surface area contributed by atoms with Gasteiger partial charge < -0.3 is 15.5 Å². The van der Waals surface area contributed by atoms with Crippen molar-refractivity contribution in [2.75, 3.05) is 12.4 Å². The maximum atomic E-state index is 12.4. The number of hydrogen-bond acceptors (Lipinski definition) is 7. The zero-order chi connectivity index (χ0) is 17.9. The summed E-state index contributed by atoms with van der Waals surface area (Å²) in [5.41, 5.74) is 1.16. The van der Waals surface area contributed by atoms with Gasteiger partial charge in [-0.3, -0.25) is 9.59 Å². The predicted octanol–water partition coefficient (Wildman–Crippen LogP) is 1.85. The number of thiophene rings is 1. The molecule has 1 unspecified atom stereocenters. The molecule has 2 aromatic heterocycles. The molecule has 0 bridgehead atoms. The van der Waals surface area contributed by atoms with Gasteiger partial charge >= 0.3 is 0 Å². The number of nitrogens with zero attached hydrogens (tertiary/aromatic N) is 3. The Kier molecular flexibility index (Phi) is 4.62. The van der Waals surface area contributed by atoms with Crippen LogP contribution in [0.4, 0.5) is 5.82 Å². The highest BCUT2D eigenvalue weighted by Crippen LogP contribution is 2.34. The third kappa shape index (κ3) is 3.29. The van der Waals surface area contributed by atoms with Crippen LogP contribution in [0, 0.1) is 0 Å². The molecule has 0 saturated carbocycles. The van der Waals surface area contributed by atoms with Crippen molar-refractivity contribution in [1.29, 1.82) is 0 Å². The van der Waals surface area contributed by atoms with E-state index in [9.17, 15) is 9.59 Å². The molecule has 1 saturated heterocycles. The van der Waals surface area contributed by atoms with Crippen LogP contribution in [0.1, 0.15) is 12.5 Å². The molecule has 2 aromatic rings. The van der Waals surface area contributed by atoms with Crippen molar-refractivity contribution in [2.24, 2.45) is 0 Å². The van der Waals surface area contributed by atoms with Gasteiger partial charge in [0.05, 0.1) is 5.70 Å². The summed E-state index contributed by atoms with van der Waals surface area (Å²) in [6.07, 6.45) is 6.79. The number of carbonyl (C=O) groups excluding carboxylic acids is 2. The fraction of sp³-hybridized carbons (Fsp3) is 0.176. The molecule has 25 heavy (non-hydrogen) atoms. The maximum absolute atomic E-state index is 12.4. The molecular weight excluding hydrogens is 338 g/mol. The Balaban J connectivity index is 1.85. The number of aldehydes is 1. The number of anilines is 1. The average Bonchev–Trinajstić information content (AvgIpc) is 3.22. The highest BCUT2D eigenvalue weighted by molar-refractivity contribution is 7.08. The summed E-state index contributed by atoms with van der Waals surface area (Å²) in [6.45, 7) is 1.94. The van der Waals surface area contributed by atoms with Crippen molar-refractivity contribution in [3.05, 3.63) is 64.5 Å². The first-order valence-electron chi connectivity index (χ1n) is 7.54. The Bertz CT molecular complexity index is 832. The quantitative estimate of drug-likeness (QED) is 0.629. The Morgan fingerprint density at radius 1 is 1.44 bits per heavy atom. The Hall–Kier alpha value is -3.00. The number of rotatable bonds is 5. The molecule has 0 radical (unpaired) electrons. The van der Waals surface area contributed by atoms with Gasteiger partial charge in [-0.05, 0) is 42.0 Å². The van der Waals surface area contributed by atoms with Gasteiger partial charge in [-0.1, -0.05) is 0 Å².